The number of alkyl halides is 3. The summed E-state index contributed by atoms with van der Waals surface area (Å²) in [6, 6.07) is 2.76. The van der Waals surface area contributed by atoms with Crippen molar-refractivity contribution < 1.29 is 26.9 Å². The van der Waals surface area contributed by atoms with Crippen LogP contribution in [0.3, 0.4) is 0 Å². The molecule has 9 heteroatoms. The number of nitrogens with zero attached hydrogens (tertiary/aromatic N) is 2. The lowest BCUT2D eigenvalue weighted by Gasteiger charge is -2.08. The Balaban J connectivity index is 2.38. The van der Waals surface area contributed by atoms with Gasteiger partial charge in [0.05, 0.1) is 12.7 Å². The van der Waals surface area contributed by atoms with Crippen LogP contribution in [0.15, 0.2) is 16.7 Å². The number of benzene rings is 1. The maximum Gasteiger partial charge on any atom is 0.471 e. The SMILES string of the molecule is CONCc1cc(C)c(-c2noc(C(F)(F)F)n2)c(F)c1. The average Bonchev–Trinajstić information content (AvgIpc) is 2.85. The van der Waals surface area contributed by atoms with E-state index in [1.54, 1.807) is 13.0 Å². The van der Waals surface area contributed by atoms with Gasteiger partial charge in [-0.3, -0.25) is 0 Å². The molecule has 0 spiro atoms. The van der Waals surface area contributed by atoms with Crippen molar-refractivity contribution in [2.45, 2.75) is 19.6 Å². The van der Waals surface area contributed by atoms with E-state index < -0.39 is 23.7 Å². The molecule has 114 valence electrons. The zero-order chi connectivity index (χ0) is 15.6. The molecule has 1 aromatic carbocycles. The van der Waals surface area contributed by atoms with Crippen molar-refractivity contribution in [3.05, 3.63) is 35.0 Å². The zero-order valence-corrected chi connectivity index (χ0v) is 11.1. The number of aryl methyl sites for hydroxylation is 1. The van der Waals surface area contributed by atoms with Crippen LogP contribution in [0.1, 0.15) is 17.0 Å². The van der Waals surface area contributed by atoms with Crippen LogP contribution in [-0.2, 0) is 17.6 Å². The van der Waals surface area contributed by atoms with E-state index in [0.717, 1.165) is 6.07 Å². The first kappa shape index (κ1) is 15.4. The van der Waals surface area contributed by atoms with Crippen LogP contribution in [0.25, 0.3) is 11.4 Å². The molecular weight excluding hydrogens is 294 g/mol. The van der Waals surface area contributed by atoms with Crippen LogP contribution in [0.5, 0.6) is 0 Å². The van der Waals surface area contributed by atoms with Crippen LogP contribution in [0.2, 0.25) is 0 Å². The van der Waals surface area contributed by atoms with Gasteiger partial charge in [-0.05, 0) is 24.1 Å². The summed E-state index contributed by atoms with van der Waals surface area (Å²) >= 11 is 0. The zero-order valence-electron chi connectivity index (χ0n) is 11.1. The van der Waals surface area contributed by atoms with Gasteiger partial charge in [0.1, 0.15) is 5.82 Å². The fourth-order valence-electron chi connectivity index (χ4n) is 1.80. The van der Waals surface area contributed by atoms with Gasteiger partial charge in [-0.2, -0.15) is 23.6 Å². The highest BCUT2D eigenvalue weighted by Crippen LogP contribution is 2.31. The number of halogens is 4. The Bertz CT molecular complexity index is 617. The van der Waals surface area contributed by atoms with Crippen molar-refractivity contribution in [1.29, 1.82) is 0 Å². The largest absolute Gasteiger partial charge is 0.471 e. The van der Waals surface area contributed by atoms with Gasteiger partial charge in [-0.1, -0.05) is 11.2 Å². The lowest BCUT2D eigenvalue weighted by molar-refractivity contribution is -0.159. The molecular formula is C12H11F4N3O2. The standard InChI is InChI=1S/C12H11F4N3O2/c1-6-3-7(5-17-20-2)4-8(13)9(6)10-18-11(21-19-10)12(14,15)16/h3-4,17H,5H2,1-2H3. The maximum absolute atomic E-state index is 14.1. The summed E-state index contributed by atoms with van der Waals surface area (Å²) in [6.45, 7) is 1.78. The van der Waals surface area contributed by atoms with Crippen LogP contribution in [-0.4, -0.2) is 17.3 Å². The molecule has 2 rings (SSSR count). The molecule has 1 N–H and O–H groups in total. The Hall–Kier alpha value is -2.00. The summed E-state index contributed by atoms with van der Waals surface area (Å²) in [4.78, 5) is 7.83. The number of aromatic nitrogens is 2. The normalized spacial score (nSPS) is 11.9. The van der Waals surface area contributed by atoms with E-state index in [4.69, 9.17) is 0 Å². The van der Waals surface area contributed by atoms with Crippen LogP contribution >= 0.6 is 0 Å². The second kappa shape index (κ2) is 5.78. The Morgan fingerprint density at radius 1 is 1.33 bits per heavy atom. The number of hydrogen-bond acceptors (Lipinski definition) is 5. The summed E-state index contributed by atoms with van der Waals surface area (Å²) in [5.41, 5.74) is 3.36. The first-order chi connectivity index (χ1) is 9.82. The molecule has 0 atom stereocenters. The van der Waals surface area contributed by atoms with Gasteiger partial charge in [0, 0.05) is 6.54 Å². The highest BCUT2D eigenvalue weighted by atomic mass is 19.4. The van der Waals surface area contributed by atoms with Crippen molar-refractivity contribution in [3.63, 3.8) is 0 Å². The molecule has 0 fully saturated rings. The molecule has 1 aromatic heterocycles. The van der Waals surface area contributed by atoms with Gasteiger partial charge in [0.15, 0.2) is 0 Å². The highest BCUT2D eigenvalue weighted by Gasteiger charge is 2.38. The summed E-state index contributed by atoms with van der Waals surface area (Å²) in [5.74, 6) is -2.69. The molecule has 2 aromatic rings. The minimum atomic E-state index is -4.77. The van der Waals surface area contributed by atoms with Gasteiger partial charge in [0.25, 0.3) is 0 Å². The number of nitrogens with one attached hydrogen (secondary N) is 1. The topological polar surface area (TPSA) is 60.2 Å². The smallest absolute Gasteiger partial charge is 0.329 e. The first-order valence-electron chi connectivity index (χ1n) is 5.79. The van der Waals surface area contributed by atoms with Gasteiger partial charge in [-0.25, -0.2) is 4.39 Å². The number of hydroxylamine groups is 1. The molecule has 21 heavy (non-hydrogen) atoms. The number of rotatable bonds is 4. The molecule has 0 amide bonds. The van der Waals surface area contributed by atoms with Gasteiger partial charge in [-0.15, -0.1) is 0 Å². The van der Waals surface area contributed by atoms with Gasteiger partial charge >= 0.3 is 12.1 Å². The Kier molecular flexibility index (Phi) is 4.24. The minimum absolute atomic E-state index is 0.129. The first-order valence-corrected chi connectivity index (χ1v) is 5.79. The third-order valence-electron chi connectivity index (χ3n) is 2.66. The van der Waals surface area contributed by atoms with Crippen LogP contribution in [0, 0.1) is 12.7 Å². The van der Waals surface area contributed by atoms with E-state index in [0.29, 0.717) is 11.1 Å². The van der Waals surface area contributed by atoms with Crippen molar-refractivity contribution in [1.82, 2.24) is 15.6 Å². The molecule has 0 aliphatic rings. The lowest BCUT2D eigenvalue weighted by atomic mass is 10.0. The van der Waals surface area contributed by atoms with Crippen LogP contribution < -0.4 is 5.48 Å². The predicted octanol–water partition coefficient (Wildman–Crippen LogP) is 2.85. The summed E-state index contributed by atoms with van der Waals surface area (Å²) in [5, 5.41) is 3.18. The Morgan fingerprint density at radius 2 is 2.05 bits per heavy atom. The average molecular weight is 305 g/mol. The molecule has 0 unspecified atom stereocenters. The fourth-order valence-corrected chi connectivity index (χ4v) is 1.80. The maximum atomic E-state index is 14.1. The van der Waals surface area contributed by atoms with Gasteiger partial charge in [0.2, 0.25) is 5.82 Å². The second-order valence-electron chi connectivity index (χ2n) is 4.22. The molecule has 1 heterocycles. The quantitative estimate of drug-likeness (QED) is 0.695. The minimum Gasteiger partial charge on any atom is -0.329 e. The molecule has 5 nitrogen and oxygen atoms in total. The van der Waals surface area contributed by atoms with E-state index in [9.17, 15) is 17.6 Å². The lowest BCUT2D eigenvalue weighted by Crippen LogP contribution is -2.11. The second-order valence-corrected chi connectivity index (χ2v) is 4.22. The molecule has 0 radical (unpaired) electrons. The molecule has 0 bridgehead atoms. The predicted molar refractivity (Wildman–Crippen MR) is 63.3 cm³/mol. The van der Waals surface area contributed by atoms with Crippen molar-refractivity contribution >= 4 is 0 Å². The highest BCUT2D eigenvalue weighted by molar-refractivity contribution is 5.61. The summed E-state index contributed by atoms with van der Waals surface area (Å²) in [6.07, 6.45) is -4.77. The molecule has 0 aliphatic heterocycles. The van der Waals surface area contributed by atoms with E-state index in [2.05, 4.69) is 25.0 Å². The van der Waals surface area contributed by atoms with Crippen molar-refractivity contribution in [3.8, 4) is 11.4 Å². The Morgan fingerprint density at radius 3 is 2.57 bits per heavy atom. The van der Waals surface area contributed by atoms with E-state index >= 15 is 0 Å². The summed E-state index contributed by atoms with van der Waals surface area (Å²) < 4.78 is 55.4. The molecule has 0 saturated carbocycles. The van der Waals surface area contributed by atoms with Crippen molar-refractivity contribution in [2.24, 2.45) is 0 Å². The van der Waals surface area contributed by atoms with E-state index in [-0.39, 0.29) is 12.1 Å². The molecule has 0 saturated heterocycles. The van der Waals surface area contributed by atoms with Crippen molar-refractivity contribution in [2.75, 3.05) is 7.11 Å². The molecule has 0 aliphatic carbocycles. The van der Waals surface area contributed by atoms with E-state index in [1.165, 1.54) is 7.11 Å². The van der Waals surface area contributed by atoms with E-state index in [1.807, 2.05) is 0 Å². The van der Waals surface area contributed by atoms with Crippen LogP contribution in [0.4, 0.5) is 17.6 Å². The fraction of sp³-hybridized carbons (Fsp3) is 0.333. The van der Waals surface area contributed by atoms with Gasteiger partial charge < -0.3 is 9.36 Å². The summed E-state index contributed by atoms with van der Waals surface area (Å²) in [7, 11) is 1.41. The Labute approximate surface area is 116 Å². The monoisotopic (exact) mass is 305 g/mol. The third-order valence-corrected chi connectivity index (χ3v) is 2.66. The third kappa shape index (κ3) is 3.37. The number of hydrogen-bond donors (Lipinski definition) is 1.